The molecule has 0 aliphatic heterocycles. The predicted octanol–water partition coefficient (Wildman–Crippen LogP) is -0.355. The van der Waals surface area contributed by atoms with Gasteiger partial charge in [0, 0.05) is 33.0 Å². The summed E-state index contributed by atoms with van der Waals surface area (Å²) in [5.41, 5.74) is 5.33. The molecular formula is C11H24N4O3. The first kappa shape index (κ1) is 16.7. The molecule has 0 bridgehead atoms. The van der Waals surface area contributed by atoms with Gasteiger partial charge in [0.15, 0.2) is 0 Å². The third kappa shape index (κ3) is 11.2. The fourth-order valence-corrected chi connectivity index (χ4v) is 1.31. The highest BCUT2D eigenvalue weighted by Gasteiger charge is 1.99. The van der Waals surface area contributed by atoms with Crippen LogP contribution in [-0.2, 0) is 9.53 Å². The Balaban J connectivity index is 3.22. The molecule has 0 spiro atoms. The minimum absolute atomic E-state index is 0.0243. The summed E-state index contributed by atoms with van der Waals surface area (Å²) >= 11 is 0. The molecule has 0 aromatic rings. The van der Waals surface area contributed by atoms with Crippen LogP contribution in [-0.4, -0.2) is 50.3 Å². The first-order valence-corrected chi connectivity index (χ1v) is 6.13. The molecule has 7 heteroatoms. The number of rotatable bonds is 11. The second kappa shape index (κ2) is 12.1. The Hall–Kier alpha value is -1.34. The maximum absolute atomic E-state index is 11.3. The van der Waals surface area contributed by atoms with E-state index < -0.39 is 0 Å². The van der Waals surface area contributed by atoms with Gasteiger partial charge in [-0.2, -0.15) is 0 Å². The maximum Gasteiger partial charge on any atom is 0.221 e. The second-order valence-electron chi connectivity index (χ2n) is 3.89. The predicted molar refractivity (Wildman–Crippen MR) is 69.6 cm³/mol. The van der Waals surface area contributed by atoms with Crippen LogP contribution in [0.3, 0.4) is 0 Å². The molecule has 18 heavy (non-hydrogen) atoms. The number of nitrogens with zero attached hydrogens (tertiary/aromatic N) is 1. The van der Waals surface area contributed by atoms with Crippen LogP contribution in [0, 0.1) is 0 Å². The van der Waals surface area contributed by atoms with Gasteiger partial charge in [-0.3, -0.25) is 4.79 Å². The van der Waals surface area contributed by atoms with Gasteiger partial charge in [-0.25, -0.2) is 0 Å². The number of nitrogens with one attached hydrogen (secondary N) is 2. The molecule has 0 aliphatic carbocycles. The third-order valence-electron chi connectivity index (χ3n) is 2.32. The van der Waals surface area contributed by atoms with Gasteiger partial charge in [0.05, 0.1) is 6.61 Å². The molecule has 0 aromatic carbocycles. The Morgan fingerprint density at radius 1 is 1.28 bits per heavy atom. The van der Waals surface area contributed by atoms with E-state index in [2.05, 4.69) is 15.8 Å². The fraction of sp³-hybridized carbons (Fsp3) is 0.818. The maximum atomic E-state index is 11.3. The lowest BCUT2D eigenvalue weighted by atomic mass is 10.2. The van der Waals surface area contributed by atoms with E-state index >= 15 is 0 Å². The van der Waals surface area contributed by atoms with Crippen LogP contribution in [0.5, 0.6) is 0 Å². The van der Waals surface area contributed by atoms with Gasteiger partial charge >= 0.3 is 0 Å². The van der Waals surface area contributed by atoms with Gasteiger partial charge in [0.2, 0.25) is 5.91 Å². The average molecular weight is 260 g/mol. The zero-order valence-electron chi connectivity index (χ0n) is 10.9. The monoisotopic (exact) mass is 260 g/mol. The first-order chi connectivity index (χ1) is 8.70. The number of oxime groups is 1. The average Bonchev–Trinajstić information content (AvgIpc) is 2.37. The molecule has 0 rings (SSSR count). The summed E-state index contributed by atoms with van der Waals surface area (Å²) in [5.74, 6) is 0.281. The molecule has 106 valence electrons. The van der Waals surface area contributed by atoms with Crippen LogP contribution in [0.2, 0.25) is 0 Å². The number of carbonyl (C=O) groups excluding carboxylic acids is 1. The first-order valence-electron chi connectivity index (χ1n) is 6.13. The Kier molecular flexibility index (Phi) is 11.2. The van der Waals surface area contributed by atoms with Crippen LogP contribution >= 0.6 is 0 Å². The van der Waals surface area contributed by atoms with Crippen molar-refractivity contribution in [3.05, 3.63) is 0 Å². The molecule has 0 atom stereocenters. The standard InChI is InChI=1S/C11H24N4O3/c1-18-9-8-14-11(16)5-7-13-6-3-2-4-10(12)15-17/h13,17H,2-9H2,1H3,(H2,12,15)(H,14,16). The number of hydrogen-bond donors (Lipinski definition) is 4. The van der Waals surface area contributed by atoms with Crippen molar-refractivity contribution in [1.29, 1.82) is 0 Å². The Bertz CT molecular complexity index is 246. The number of unbranched alkanes of at least 4 members (excludes halogenated alkanes) is 1. The van der Waals surface area contributed by atoms with Crippen LogP contribution in [0.1, 0.15) is 25.7 Å². The summed E-state index contributed by atoms with van der Waals surface area (Å²) in [6, 6.07) is 0. The smallest absolute Gasteiger partial charge is 0.221 e. The number of nitrogens with two attached hydrogens (primary N) is 1. The van der Waals surface area contributed by atoms with Crippen LogP contribution < -0.4 is 16.4 Å². The number of ether oxygens (including phenoxy) is 1. The molecule has 0 radical (unpaired) electrons. The summed E-state index contributed by atoms with van der Waals surface area (Å²) in [6.45, 7) is 2.56. The number of methoxy groups -OCH3 is 1. The quantitative estimate of drug-likeness (QED) is 0.133. The van der Waals surface area contributed by atoms with Crippen molar-refractivity contribution >= 4 is 11.7 Å². The molecule has 5 N–H and O–H groups in total. The number of carbonyl (C=O) groups is 1. The van der Waals surface area contributed by atoms with Crippen molar-refractivity contribution in [2.45, 2.75) is 25.7 Å². The Labute approximate surface area is 108 Å². The Morgan fingerprint density at radius 3 is 2.72 bits per heavy atom. The number of amides is 1. The summed E-state index contributed by atoms with van der Waals surface area (Å²) < 4.78 is 4.82. The van der Waals surface area contributed by atoms with Gasteiger partial charge in [-0.05, 0) is 19.4 Å². The van der Waals surface area contributed by atoms with Crippen LogP contribution in [0.25, 0.3) is 0 Å². The van der Waals surface area contributed by atoms with Gasteiger partial charge in [0.25, 0.3) is 0 Å². The van der Waals surface area contributed by atoms with Gasteiger partial charge in [-0.15, -0.1) is 0 Å². The van der Waals surface area contributed by atoms with Gasteiger partial charge < -0.3 is 26.3 Å². The van der Waals surface area contributed by atoms with E-state index in [0.29, 0.717) is 32.5 Å². The Morgan fingerprint density at radius 2 is 2.06 bits per heavy atom. The van der Waals surface area contributed by atoms with Crippen molar-refractivity contribution in [2.24, 2.45) is 10.9 Å². The van der Waals surface area contributed by atoms with E-state index in [0.717, 1.165) is 19.4 Å². The molecule has 0 unspecified atom stereocenters. The molecule has 0 aliphatic rings. The zero-order chi connectivity index (χ0) is 13.6. The van der Waals surface area contributed by atoms with E-state index in [4.69, 9.17) is 15.7 Å². The molecule has 0 saturated carbocycles. The van der Waals surface area contributed by atoms with Gasteiger partial charge in [0.1, 0.15) is 5.84 Å². The minimum Gasteiger partial charge on any atom is -0.409 e. The fourth-order valence-electron chi connectivity index (χ4n) is 1.31. The lowest BCUT2D eigenvalue weighted by molar-refractivity contribution is -0.121. The van der Waals surface area contributed by atoms with E-state index in [-0.39, 0.29) is 11.7 Å². The summed E-state index contributed by atoms with van der Waals surface area (Å²) in [4.78, 5) is 11.3. The van der Waals surface area contributed by atoms with E-state index in [1.54, 1.807) is 7.11 Å². The largest absolute Gasteiger partial charge is 0.409 e. The van der Waals surface area contributed by atoms with Crippen molar-refractivity contribution in [2.75, 3.05) is 33.4 Å². The molecule has 0 fully saturated rings. The number of hydrogen-bond acceptors (Lipinski definition) is 5. The topological polar surface area (TPSA) is 109 Å². The molecule has 7 nitrogen and oxygen atoms in total. The normalized spacial score (nSPS) is 11.5. The highest BCUT2D eigenvalue weighted by molar-refractivity contribution is 5.79. The molecular weight excluding hydrogens is 236 g/mol. The summed E-state index contributed by atoms with van der Waals surface area (Å²) in [6.07, 6.45) is 2.85. The van der Waals surface area contributed by atoms with Crippen molar-refractivity contribution < 1.29 is 14.7 Å². The minimum atomic E-state index is 0.0243. The van der Waals surface area contributed by atoms with Gasteiger partial charge in [-0.1, -0.05) is 5.16 Å². The van der Waals surface area contributed by atoms with Crippen LogP contribution in [0.4, 0.5) is 0 Å². The molecule has 0 aromatic heterocycles. The zero-order valence-corrected chi connectivity index (χ0v) is 10.9. The van der Waals surface area contributed by atoms with E-state index in [1.165, 1.54) is 0 Å². The SMILES string of the molecule is COCCNC(=O)CCNCCCCC(N)=NO. The lowest BCUT2D eigenvalue weighted by Gasteiger charge is -2.06. The highest BCUT2D eigenvalue weighted by atomic mass is 16.5. The van der Waals surface area contributed by atoms with E-state index in [9.17, 15) is 4.79 Å². The number of amidine groups is 1. The van der Waals surface area contributed by atoms with Crippen molar-refractivity contribution in [3.63, 3.8) is 0 Å². The molecule has 0 saturated heterocycles. The second-order valence-corrected chi connectivity index (χ2v) is 3.89. The van der Waals surface area contributed by atoms with E-state index in [1.807, 2.05) is 0 Å². The van der Waals surface area contributed by atoms with Crippen molar-refractivity contribution in [3.8, 4) is 0 Å². The molecule has 1 amide bonds. The summed E-state index contributed by atoms with van der Waals surface area (Å²) in [7, 11) is 1.60. The third-order valence-corrected chi connectivity index (χ3v) is 2.32. The summed E-state index contributed by atoms with van der Waals surface area (Å²) in [5, 5.41) is 17.1. The lowest BCUT2D eigenvalue weighted by Crippen LogP contribution is -2.30. The molecule has 0 heterocycles. The van der Waals surface area contributed by atoms with Crippen molar-refractivity contribution in [1.82, 2.24) is 10.6 Å². The highest BCUT2D eigenvalue weighted by Crippen LogP contribution is 1.93. The van der Waals surface area contributed by atoms with Crippen LogP contribution in [0.15, 0.2) is 5.16 Å².